The summed E-state index contributed by atoms with van der Waals surface area (Å²) in [5, 5.41) is -4.44. The molecule has 4 rings (SSSR count). The third kappa shape index (κ3) is 1.07. The zero-order valence-corrected chi connectivity index (χ0v) is 11.3. The van der Waals surface area contributed by atoms with Crippen LogP contribution in [-0.4, -0.2) is 30.8 Å². The molecular formula is C12H14F2O5S. The van der Waals surface area contributed by atoms with E-state index >= 15 is 0 Å². The van der Waals surface area contributed by atoms with Crippen molar-refractivity contribution in [3.63, 3.8) is 0 Å². The molecule has 0 aromatic rings. The molecular weight excluding hydrogens is 294 g/mol. The first-order valence-corrected chi connectivity index (χ1v) is 8.11. The second kappa shape index (κ2) is 3.19. The van der Waals surface area contributed by atoms with Crippen molar-refractivity contribution in [3.8, 4) is 0 Å². The number of esters is 1. The van der Waals surface area contributed by atoms with E-state index in [1.165, 1.54) is 0 Å². The molecule has 4 saturated carbocycles. The van der Waals surface area contributed by atoms with Gasteiger partial charge in [-0.15, -0.1) is 0 Å². The van der Waals surface area contributed by atoms with Crippen molar-refractivity contribution in [1.29, 1.82) is 0 Å². The minimum atomic E-state index is -5.55. The highest BCUT2D eigenvalue weighted by Gasteiger charge is 2.90. The Morgan fingerprint density at radius 3 is 2.20 bits per heavy atom. The van der Waals surface area contributed by atoms with Gasteiger partial charge in [0.15, 0.2) is 6.61 Å². The summed E-state index contributed by atoms with van der Waals surface area (Å²) in [5.74, 6) is 0.858. The van der Waals surface area contributed by atoms with E-state index in [9.17, 15) is 22.0 Å². The van der Waals surface area contributed by atoms with Crippen LogP contribution in [0.25, 0.3) is 0 Å². The van der Waals surface area contributed by atoms with Gasteiger partial charge in [-0.3, -0.25) is 9.35 Å². The molecule has 112 valence electrons. The normalized spacial score (nSPS) is 47.6. The average molecular weight is 308 g/mol. The van der Waals surface area contributed by atoms with E-state index in [0.717, 1.165) is 12.8 Å². The third-order valence-electron chi connectivity index (χ3n) is 6.32. The van der Waals surface area contributed by atoms with Crippen molar-refractivity contribution in [2.45, 2.75) is 30.9 Å². The summed E-state index contributed by atoms with van der Waals surface area (Å²) in [7, 11) is -5.55. The molecule has 0 aromatic carbocycles. The summed E-state index contributed by atoms with van der Waals surface area (Å²) in [6.45, 7) is -1.61. The minimum Gasteiger partial charge on any atom is -0.457 e. The maximum atomic E-state index is 13.1. The topological polar surface area (TPSA) is 80.7 Å². The fourth-order valence-corrected chi connectivity index (χ4v) is 5.85. The Hall–Kier alpha value is -0.760. The number of carbonyl (C=O) groups excluding carboxylic acids is 1. The molecule has 1 spiro atoms. The van der Waals surface area contributed by atoms with E-state index in [0.29, 0.717) is 30.6 Å². The number of hydrogen-bond acceptors (Lipinski definition) is 4. The van der Waals surface area contributed by atoms with Gasteiger partial charge in [-0.2, -0.15) is 17.2 Å². The number of alkyl halides is 2. The molecule has 0 heterocycles. The van der Waals surface area contributed by atoms with Crippen molar-refractivity contribution in [1.82, 2.24) is 0 Å². The Balaban J connectivity index is 1.46. The van der Waals surface area contributed by atoms with Crippen LogP contribution in [0.15, 0.2) is 0 Å². The van der Waals surface area contributed by atoms with E-state index in [2.05, 4.69) is 4.74 Å². The van der Waals surface area contributed by atoms with Crippen LogP contribution < -0.4 is 0 Å². The lowest BCUT2D eigenvalue weighted by atomic mass is 9.13. The molecule has 4 aliphatic carbocycles. The third-order valence-corrected chi connectivity index (χ3v) is 7.20. The van der Waals surface area contributed by atoms with Gasteiger partial charge in [0.2, 0.25) is 0 Å². The van der Waals surface area contributed by atoms with Crippen molar-refractivity contribution in [2.24, 2.45) is 28.6 Å². The first kappa shape index (κ1) is 12.9. The minimum absolute atomic E-state index is 0.00252. The summed E-state index contributed by atoms with van der Waals surface area (Å²) < 4.78 is 60.0. The van der Waals surface area contributed by atoms with Gasteiger partial charge in [0.25, 0.3) is 0 Å². The van der Waals surface area contributed by atoms with Crippen LogP contribution in [0, 0.1) is 28.6 Å². The van der Waals surface area contributed by atoms with Crippen molar-refractivity contribution in [2.75, 3.05) is 6.61 Å². The van der Waals surface area contributed by atoms with Gasteiger partial charge in [0.1, 0.15) is 0 Å². The monoisotopic (exact) mass is 308 g/mol. The molecule has 0 aromatic heterocycles. The molecule has 2 unspecified atom stereocenters. The Morgan fingerprint density at radius 1 is 1.25 bits per heavy atom. The van der Waals surface area contributed by atoms with Crippen molar-refractivity contribution < 1.29 is 31.3 Å². The molecule has 2 atom stereocenters. The van der Waals surface area contributed by atoms with E-state index in [1.807, 2.05) is 0 Å². The lowest BCUT2D eigenvalue weighted by molar-refractivity contribution is -0.418. The highest BCUT2D eigenvalue weighted by Crippen LogP contribution is 2.93. The second-order valence-corrected chi connectivity index (χ2v) is 8.22. The van der Waals surface area contributed by atoms with Gasteiger partial charge in [0, 0.05) is 0 Å². The van der Waals surface area contributed by atoms with Gasteiger partial charge in [0.05, 0.1) is 5.41 Å². The van der Waals surface area contributed by atoms with Crippen LogP contribution in [0.1, 0.15) is 25.7 Å². The first-order chi connectivity index (χ1) is 9.15. The quantitative estimate of drug-likeness (QED) is 0.628. The van der Waals surface area contributed by atoms with Crippen molar-refractivity contribution in [3.05, 3.63) is 0 Å². The van der Waals surface area contributed by atoms with Crippen LogP contribution >= 0.6 is 0 Å². The molecule has 1 N–H and O–H groups in total. The number of hydrogen-bond donors (Lipinski definition) is 1. The smallest absolute Gasteiger partial charge is 0.402 e. The molecule has 0 amide bonds. The number of carbonyl (C=O) groups is 1. The van der Waals surface area contributed by atoms with Gasteiger partial charge >= 0.3 is 21.3 Å². The van der Waals surface area contributed by atoms with Crippen LogP contribution in [0.3, 0.4) is 0 Å². The maximum absolute atomic E-state index is 13.1. The molecule has 20 heavy (non-hydrogen) atoms. The van der Waals surface area contributed by atoms with Gasteiger partial charge in [-0.1, -0.05) is 0 Å². The summed E-state index contributed by atoms with van der Waals surface area (Å²) in [6.07, 6.45) is 3.59. The predicted molar refractivity (Wildman–Crippen MR) is 61.3 cm³/mol. The van der Waals surface area contributed by atoms with Crippen LogP contribution in [0.5, 0.6) is 0 Å². The SMILES string of the molecule is O=C(OCC(F)(F)S(=O)(=O)O)C12CC3CC4CC(C1)C432. The zero-order chi connectivity index (χ0) is 14.6. The molecule has 4 fully saturated rings. The predicted octanol–water partition coefficient (Wildman–Crippen LogP) is 1.45. The number of rotatable bonds is 4. The Morgan fingerprint density at radius 2 is 1.80 bits per heavy atom. The average Bonchev–Trinajstić information content (AvgIpc) is 2.20. The standard InChI is InChI=1S/C12H14F2O5S/c13-11(14,20(16,17)18)5-19-9(15)10-3-7-1-6-2-8(4-10)12(6,7)10/h6-8H,1-5H2,(H,16,17,18). The Bertz CT molecular complexity index is 588. The van der Waals surface area contributed by atoms with Gasteiger partial charge in [-0.05, 0) is 48.9 Å². The van der Waals surface area contributed by atoms with E-state index in [-0.39, 0.29) is 5.41 Å². The number of ether oxygens (including phenoxy) is 1. The van der Waals surface area contributed by atoms with Crippen LogP contribution in [0.4, 0.5) is 8.78 Å². The molecule has 8 heteroatoms. The molecule has 0 radical (unpaired) electrons. The van der Waals surface area contributed by atoms with E-state index in [1.54, 1.807) is 0 Å². The zero-order valence-electron chi connectivity index (χ0n) is 10.5. The molecule has 0 saturated heterocycles. The highest BCUT2D eigenvalue weighted by molar-refractivity contribution is 7.86. The first-order valence-electron chi connectivity index (χ1n) is 6.67. The molecule has 5 nitrogen and oxygen atoms in total. The Labute approximate surface area is 114 Å². The van der Waals surface area contributed by atoms with Gasteiger partial charge in [-0.25, -0.2) is 0 Å². The number of halogens is 2. The largest absolute Gasteiger partial charge is 0.457 e. The van der Waals surface area contributed by atoms with Crippen molar-refractivity contribution >= 4 is 16.1 Å². The summed E-state index contributed by atoms with van der Waals surface area (Å²) in [4.78, 5) is 12.1. The molecule has 0 aliphatic heterocycles. The lowest BCUT2D eigenvalue weighted by Crippen LogP contribution is -2.87. The lowest BCUT2D eigenvalue weighted by Gasteiger charge is -2.89. The summed E-state index contributed by atoms with van der Waals surface area (Å²) >= 11 is 0. The summed E-state index contributed by atoms with van der Waals surface area (Å²) in [5.41, 5.74) is -0.643. The maximum Gasteiger partial charge on any atom is 0.402 e. The molecule has 4 aliphatic rings. The summed E-state index contributed by atoms with van der Waals surface area (Å²) in [6, 6.07) is 0. The van der Waals surface area contributed by atoms with Crippen LogP contribution in [-0.2, 0) is 19.6 Å². The highest BCUT2D eigenvalue weighted by atomic mass is 32.2. The van der Waals surface area contributed by atoms with E-state index in [4.69, 9.17) is 4.55 Å². The molecule has 0 bridgehead atoms. The van der Waals surface area contributed by atoms with Crippen LogP contribution in [0.2, 0.25) is 0 Å². The second-order valence-electron chi connectivity index (χ2n) is 6.67. The fraction of sp³-hybridized carbons (Fsp3) is 0.917. The van der Waals surface area contributed by atoms with Gasteiger partial charge < -0.3 is 4.74 Å². The fourth-order valence-electron chi connectivity index (χ4n) is 5.64. The van der Waals surface area contributed by atoms with E-state index < -0.39 is 33.4 Å². The Kier molecular flexibility index (Phi) is 2.06.